The molecule has 0 fully saturated rings. The predicted octanol–water partition coefficient (Wildman–Crippen LogP) is 2.96. The standard InChI is InChI=1S/C13H14F3NO/c14-13(15,16)12-8-11(5-4-10(12)9-18)17-6-2-1-3-7-17/h1-2,4-5,8,18H,3,6-7,9H2. The van der Waals surface area contributed by atoms with Crippen LogP contribution in [0, 0.1) is 0 Å². The quantitative estimate of drug-likeness (QED) is 0.823. The van der Waals surface area contributed by atoms with Gasteiger partial charge in [0.2, 0.25) is 0 Å². The molecular weight excluding hydrogens is 243 g/mol. The summed E-state index contributed by atoms with van der Waals surface area (Å²) in [7, 11) is 0. The number of hydrogen-bond donors (Lipinski definition) is 1. The normalized spacial score (nSPS) is 16.1. The van der Waals surface area contributed by atoms with Gasteiger partial charge in [-0.1, -0.05) is 18.2 Å². The Morgan fingerprint density at radius 2 is 2.00 bits per heavy atom. The van der Waals surface area contributed by atoms with E-state index in [1.807, 2.05) is 17.1 Å². The molecule has 1 aromatic carbocycles. The Morgan fingerprint density at radius 3 is 2.56 bits per heavy atom. The largest absolute Gasteiger partial charge is 0.416 e. The van der Waals surface area contributed by atoms with E-state index in [1.54, 1.807) is 6.07 Å². The molecule has 0 spiro atoms. The molecular formula is C13H14F3NO. The van der Waals surface area contributed by atoms with Crippen molar-refractivity contribution in [2.24, 2.45) is 0 Å². The summed E-state index contributed by atoms with van der Waals surface area (Å²) in [4.78, 5) is 1.89. The van der Waals surface area contributed by atoms with Crippen LogP contribution < -0.4 is 4.90 Å². The van der Waals surface area contributed by atoms with Crippen LogP contribution in [0.1, 0.15) is 17.5 Å². The summed E-state index contributed by atoms with van der Waals surface area (Å²) in [6.07, 6.45) is 0.364. The summed E-state index contributed by atoms with van der Waals surface area (Å²) in [5.74, 6) is 0. The lowest BCUT2D eigenvalue weighted by Crippen LogP contribution is -2.27. The van der Waals surface area contributed by atoms with Crippen molar-refractivity contribution in [3.8, 4) is 0 Å². The summed E-state index contributed by atoms with van der Waals surface area (Å²) in [5.41, 5.74) is -0.292. The van der Waals surface area contributed by atoms with E-state index in [4.69, 9.17) is 5.11 Å². The van der Waals surface area contributed by atoms with E-state index in [-0.39, 0.29) is 5.56 Å². The second-order valence-electron chi connectivity index (χ2n) is 4.20. The Labute approximate surface area is 103 Å². The highest BCUT2D eigenvalue weighted by molar-refractivity contribution is 5.52. The van der Waals surface area contributed by atoms with Gasteiger partial charge in [-0.2, -0.15) is 13.2 Å². The molecule has 0 radical (unpaired) electrons. The highest BCUT2D eigenvalue weighted by atomic mass is 19.4. The smallest absolute Gasteiger partial charge is 0.392 e. The number of nitrogens with zero attached hydrogens (tertiary/aromatic N) is 1. The van der Waals surface area contributed by atoms with Gasteiger partial charge in [-0.15, -0.1) is 0 Å². The lowest BCUT2D eigenvalue weighted by Gasteiger charge is -2.26. The molecule has 5 heteroatoms. The van der Waals surface area contributed by atoms with Crippen LogP contribution in [-0.2, 0) is 12.8 Å². The van der Waals surface area contributed by atoms with Gasteiger partial charge in [-0.3, -0.25) is 0 Å². The van der Waals surface area contributed by atoms with E-state index in [0.717, 1.165) is 12.5 Å². The number of hydrogen-bond acceptors (Lipinski definition) is 2. The fourth-order valence-electron chi connectivity index (χ4n) is 2.04. The van der Waals surface area contributed by atoms with E-state index in [9.17, 15) is 13.2 Å². The topological polar surface area (TPSA) is 23.5 Å². The molecule has 98 valence electrons. The number of halogens is 3. The molecule has 0 aliphatic carbocycles. The number of aliphatic hydroxyl groups is 1. The lowest BCUT2D eigenvalue weighted by atomic mass is 10.1. The van der Waals surface area contributed by atoms with Crippen molar-refractivity contribution in [1.82, 2.24) is 0 Å². The molecule has 18 heavy (non-hydrogen) atoms. The van der Waals surface area contributed by atoms with Crippen LogP contribution in [-0.4, -0.2) is 18.2 Å². The molecule has 0 saturated heterocycles. The van der Waals surface area contributed by atoms with Gasteiger partial charge in [0.1, 0.15) is 0 Å². The van der Waals surface area contributed by atoms with Gasteiger partial charge in [0.25, 0.3) is 0 Å². The van der Waals surface area contributed by atoms with E-state index < -0.39 is 18.3 Å². The average Bonchev–Trinajstić information content (AvgIpc) is 2.38. The van der Waals surface area contributed by atoms with Crippen LogP contribution in [0.25, 0.3) is 0 Å². The highest BCUT2D eigenvalue weighted by Crippen LogP contribution is 2.35. The van der Waals surface area contributed by atoms with Crippen molar-refractivity contribution in [3.05, 3.63) is 41.5 Å². The molecule has 0 saturated carbocycles. The van der Waals surface area contributed by atoms with Crippen molar-refractivity contribution in [3.63, 3.8) is 0 Å². The molecule has 0 bridgehead atoms. The van der Waals surface area contributed by atoms with Crippen molar-refractivity contribution in [1.29, 1.82) is 0 Å². The maximum atomic E-state index is 12.8. The zero-order chi connectivity index (χ0) is 13.2. The summed E-state index contributed by atoms with van der Waals surface area (Å²) >= 11 is 0. The monoisotopic (exact) mass is 257 g/mol. The summed E-state index contributed by atoms with van der Waals surface area (Å²) in [6, 6.07) is 4.08. The maximum absolute atomic E-state index is 12.8. The first-order valence-corrected chi connectivity index (χ1v) is 5.73. The number of benzene rings is 1. The number of aliphatic hydroxyl groups excluding tert-OH is 1. The minimum atomic E-state index is -4.43. The number of anilines is 1. The number of alkyl halides is 3. The Hall–Kier alpha value is -1.49. The van der Waals surface area contributed by atoms with Gasteiger partial charge < -0.3 is 10.0 Å². The van der Waals surface area contributed by atoms with Crippen LogP contribution in [0.15, 0.2) is 30.4 Å². The molecule has 1 N–H and O–H groups in total. The third-order valence-electron chi connectivity index (χ3n) is 2.99. The SMILES string of the molecule is OCc1ccc(N2CC=CCC2)cc1C(F)(F)F. The molecule has 0 amide bonds. The van der Waals surface area contributed by atoms with Crippen LogP contribution in [0.2, 0.25) is 0 Å². The maximum Gasteiger partial charge on any atom is 0.416 e. The molecule has 2 nitrogen and oxygen atoms in total. The summed E-state index contributed by atoms with van der Waals surface area (Å²) < 4.78 is 38.5. The van der Waals surface area contributed by atoms with E-state index in [1.165, 1.54) is 6.07 Å². The van der Waals surface area contributed by atoms with Gasteiger partial charge in [0.05, 0.1) is 12.2 Å². The van der Waals surface area contributed by atoms with E-state index >= 15 is 0 Å². The van der Waals surface area contributed by atoms with Crippen molar-refractivity contribution >= 4 is 5.69 Å². The zero-order valence-corrected chi connectivity index (χ0v) is 9.74. The Kier molecular flexibility index (Phi) is 3.61. The van der Waals surface area contributed by atoms with Crippen LogP contribution in [0.5, 0.6) is 0 Å². The minimum absolute atomic E-state index is 0.0844. The first-order valence-electron chi connectivity index (χ1n) is 5.73. The summed E-state index contributed by atoms with van der Waals surface area (Å²) in [6.45, 7) is 0.733. The second kappa shape index (κ2) is 5.02. The highest BCUT2D eigenvalue weighted by Gasteiger charge is 2.33. The molecule has 1 aliphatic heterocycles. The first-order chi connectivity index (χ1) is 8.52. The van der Waals surface area contributed by atoms with Gasteiger partial charge >= 0.3 is 6.18 Å². The molecule has 1 aliphatic rings. The summed E-state index contributed by atoms with van der Waals surface area (Å²) in [5, 5.41) is 8.96. The van der Waals surface area contributed by atoms with Crippen molar-refractivity contribution in [2.45, 2.75) is 19.2 Å². The molecule has 0 unspecified atom stereocenters. The van der Waals surface area contributed by atoms with Crippen LogP contribution in [0.4, 0.5) is 18.9 Å². The fourth-order valence-corrected chi connectivity index (χ4v) is 2.04. The first kappa shape index (κ1) is 13.0. The Morgan fingerprint density at radius 1 is 1.22 bits per heavy atom. The van der Waals surface area contributed by atoms with Gasteiger partial charge in [-0.05, 0) is 24.1 Å². The average molecular weight is 257 g/mol. The molecule has 1 aromatic rings. The van der Waals surface area contributed by atoms with Crippen molar-refractivity contribution in [2.75, 3.05) is 18.0 Å². The predicted molar refractivity (Wildman–Crippen MR) is 63.3 cm³/mol. The molecule has 1 heterocycles. The fraction of sp³-hybridized carbons (Fsp3) is 0.385. The Balaban J connectivity index is 2.36. The molecule has 2 rings (SSSR count). The minimum Gasteiger partial charge on any atom is -0.392 e. The van der Waals surface area contributed by atoms with Crippen LogP contribution in [0.3, 0.4) is 0 Å². The van der Waals surface area contributed by atoms with E-state index in [2.05, 4.69) is 0 Å². The Bertz CT molecular complexity index is 454. The second-order valence-corrected chi connectivity index (χ2v) is 4.20. The third-order valence-corrected chi connectivity index (χ3v) is 2.99. The van der Waals surface area contributed by atoms with Gasteiger partial charge in [0.15, 0.2) is 0 Å². The number of rotatable bonds is 2. The zero-order valence-electron chi connectivity index (χ0n) is 9.74. The van der Waals surface area contributed by atoms with Gasteiger partial charge in [-0.25, -0.2) is 0 Å². The van der Waals surface area contributed by atoms with Crippen molar-refractivity contribution < 1.29 is 18.3 Å². The molecule has 0 aromatic heterocycles. The lowest BCUT2D eigenvalue weighted by molar-refractivity contribution is -0.138. The van der Waals surface area contributed by atoms with E-state index in [0.29, 0.717) is 18.8 Å². The third kappa shape index (κ3) is 2.67. The van der Waals surface area contributed by atoms with Crippen LogP contribution >= 0.6 is 0 Å². The molecule has 0 atom stereocenters. The van der Waals surface area contributed by atoms with Gasteiger partial charge in [0, 0.05) is 18.8 Å².